The molecule has 0 radical (unpaired) electrons. The van der Waals surface area contributed by atoms with Crippen LogP contribution >= 0.6 is 0 Å². The fourth-order valence-electron chi connectivity index (χ4n) is 3.31. The van der Waals surface area contributed by atoms with Gasteiger partial charge in [0.2, 0.25) is 0 Å². The Hall–Kier alpha value is -2.61. The molecule has 8 heteroatoms. The molecule has 0 amide bonds. The van der Waals surface area contributed by atoms with Crippen molar-refractivity contribution in [1.82, 2.24) is 25.4 Å². The fourth-order valence-corrected chi connectivity index (χ4v) is 3.31. The zero-order valence-corrected chi connectivity index (χ0v) is 18.5. The van der Waals surface area contributed by atoms with E-state index < -0.39 is 0 Å². The van der Waals surface area contributed by atoms with Gasteiger partial charge in [0.05, 0.1) is 19.7 Å². The van der Waals surface area contributed by atoms with Crippen LogP contribution in [-0.2, 0) is 30.9 Å². The molecule has 3 rings (SSSR count). The molecule has 0 saturated heterocycles. The van der Waals surface area contributed by atoms with Gasteiger partial charge in [0.1, 0.15) is 18.2 Å². The lowest BCUT2D eigenvalue weighted by molar-refractivity contribution is 0.177. The van der Waals surface area contributed by atoms with Gasteiger partial charge in [-0.1, -0.05) is 26.0 Å². The summed E-state index contributed by atoms with van der Waals surface area (Å²) in [6.45, 7) is 9.74. The maximum absolute atomic E-state index is 5.75. The third-order valence-electron chi connectivity index (χ3n) is 4.79. The normalized spacial score (nSPS) is 16.4. The molecule has 30 heavy (non-hydrogen) atoms. The molecule has 2 aromatic rings. The molecule has 164 valence electrons. The quantitative estimate of drug-likeness (QED) is 0.484. The Bertz CT molecular complexity index is 816. The molecule has 1 aromatic carbocycles. The van der Waals surface area contributed by atoms with Crippen molar-refractivity contribution in [3.63, 3.8) is 0 Å². The van der Waals surface area contributed by atoms with Crippen molar-refractivity contribution < 1.29 is 9.47 Å². The van der Waals surface area contributed by atoms with Gasteiger partial charge in [-0.25, -0.2) is 14.7 Å². The number of aromatic nitrogens is 3. The van der Waals surface area contributed by atoms with Crippen LogP contribution in [0.3, 0.4) is 0 Å². The van der Waals surface area contributed by atoms with Crippen molar-refractivity contribution in [3.05, 3.63) is 41.5 Å². The molecule has 2 heterocycles. The van der Waals surface area contributed by atoms with Crippen molar-refractivity contribution in [2.75, 3.05) is 20.3 Å². The van der Waals surface area contributed by atoms with Crippen molar-refractivity contribution in [3.8, 4) is 5.75 Å². The van der Waals surface area contributed by atoms with Crippen molar-refractivity contribution in [2.24, 2.45) is 10.9 Å². The van der Waals surface area contributed by atoms with Gasteiger partial charge >= 0.3 is 0 Å². The largest absolute Gasteiger partial charge is 0.493 e. The Balaban J connectivity index is 1.56. The predicted molar refractivity (Wildman–Crippen MR) is 118 cm³/mol. The number of ether oxygens (including phenoxy) is 2. The lowest BCUT2D eigenvalue weighted by atomic mass is 10.1. The summed E-state index contributed by atoms with van der Waals surface area (Å²) in [5, 5.41) is 11.4. The standard InChI is InChI=1S/C22H34N6O2/c1-5-23-22(24-12-17-6-9-19(10-7-17)30-14-16(2)3)25-18-8-11-21-26-20(15-29-4)27-28(21)13-18/h6-7,9-10,16,18H,5,8,11-15H2,1-4H3,(H2,23,24,25). The number of nitrogens with one attached hydrogen (secondary N) is 2. The SMILES string of the molecule is CCNC(=NCc1ccc(OCC(C)C)cc1)NC1CCc2nc(COC)nn2C1. The summed E-state index contributed by atoms with van der Waals surface area (Å²) in [7, 11) is 1.66. The zero-order valence-electron chi connectivity index (χ0n) is 18.5. The van der Waals surface area contributed by atoms with Gasteiger partial charge in [-0.15, -0.1) is 0 Å². The molecule has 0 aliphatic carbocycles. The Morgan fingerprint density at radius 2 is 2.10 bits per heavy atom. The van der Waals surface area contributed by atoms with Gasteiger partial charge in [-0.2, -0.15) is 5.10 Å². The van der Waals surface area contributed by atoms with Gasteiger partial charge in [0.25, 0.3) is 0 Å². The molecule has 1 aliphatic heterocycles. The molecular formula is C22H34N6O2. The summed E-state index contributed by atoms with van der Waals surface area (Å²) in [6.07, 6.45) is 1.89. The summed E-state index contributed by atoms with van der Waals surface area (Å²) < 4.78 is 12.9. The Morgan fingerprint density at radius 1 is 1.30 bits per heavy atom. The van der Waals surface area contributed by atoms with Crippen LogP contribution in [0.25, 0.3) is 0 Å². The number of fused-ring (bicyclic) bond motifs is 1. The fraction of sp³-hybridized carbons (Fsp3) is 0.591. The summed E-state index contributed by atoms with van der Waals surface area (Å²) >= 11 is 0. The van der Waals surface area contributed by atoms with Crippen molar-refractivity contribution in [2.45, 2.75) is 59.4 Å². The van der Waals surface area contributed by atoms with E-state index in [-0.39, 0.29) is 6.04 Å². The molecule has 0 saturated carbocycles. The first-order chi connectivity index (χ1) is 14.6. The van der Waals surface area contributed by atoms with Crippen LogP contribution in [0, 0.1) is 5.92 Å². The molecule has 8 nitrogen and oxygen atoms in total. The zero-order chi connectivity index (χ0) is 21.3. The van der Waals surface area contributed by atoms with Gasteiger partial charge in [-0.05, 0) is 37.0 Å². The van der Waals surface area contributed by atoms with E-state index in [1.165, 1.54) is 0 Å². The lowest BCUT2D eigenvalue weighted by Crippen LogP contribution is -2.47. The first-order valence-electron chi connectivity index (χ1n) is 10.8. The van der Waals surface area contributed by atoms with E-state index in [4.69, 9.17) is 14.5 Å². The van der Waals surface area contributed by atoms with Crippen LogP contribution in [0.1, 0.15) is 44.4 Å². The average Bonchev–Trinajstić information content (AvgIpc) is 3.13. The predicted octanol–water partition coefficient (Wildman–Crippen LogP) is 2.53. The minimum absolute atomic E-state index is 0.263. The number of hydrogen-bond donors (Lipinski definition) is 2. The average molecular weight is 415 g/mol. The topological polar surface area (TPSA) is 85.6 Å². The van der Waals surface area contributed by atoms with Crippen molar-refractivity contribution in [1.29, 1.82) is 0 Å². The highest BCUT2D eigenvalue weighted by Gasteiger charge is 2.22. The van der Waals surface area contributed by atoms with Crippen LogP contribution in [0.2, 0.25) is 0 Å². The van der Waals surface area contributed by atoms with Gasteiger partial charge in [0, 0.05) is 26.1 Å². The minimum atomic E-state index is 0.263. The number of methoxy groups -OCH3 is 1. The summed E-state index contributed by atoms with van der Waals surface area (Å²) in [5.41, 5.74) is 1.15. The third-order valence-corrected chi connectivity index (χ3v) is 4.79. The van der Waals surface area contributed by atoms with E-state index in [1.54, 1.807) is 7.11 Å². The maximum Gasteiger partial charge on any atom is 0.191 e. The first kappa shape index (κ1) is 22.1. The van der Waals surface area contributed by atoms with Crippen LogP contribution in [0.4, 0.5) is 0 Å². The van der Waals surface area contributed by atoms with Crippen LogP contribution in [-0.4, -0.2) is 47.0 Å². The Kier molecular flexibility index (Phi) is 8.07. The van der Waals surface area contributed by atoms with Crippen molar-refractivity contribution >= 4 is 5.96 Å². The first-order valence-corrected chi connectivity index (χ1v) is 10.8. The van der Waals surface area contributed by atoms with Gasteiger partial charge < -0.3 is 20.1 Å². The summed E-state index contributed by atoms with van der Waals surface area (Å²) in [4.78, 5) is 9.30. The number of rotatable bonds is 9. The Labute approximate surface area is 179 Å². The smallest absolute Gasteiger partial charge is 0.191 e. The molecule has 1 aliphatic rings. The van der Waals surface area contributed by atoms with Gasteiger partial charge in [-0.3, -0.25) is 0 Å². The van der Waals surface area contributed by atoms with Crippen LogP contribution in [0.5, 0.6) is 5.75 Å². The summed E-state index contributed by atoms with van der Waals surface area (Å²) in [6, 6.07) is 8.43. The highest BCUT2D eigenvalue weighted by molar-refractivity contribution is 5.80. The van der Waals surface area contributed by atoms with E-state index in [0.29, 0.717) is 19.1 Å². The van der Waals surface area contributed by atoms with E-state index in [0.717, 1.165) is 61.5 Å². The molecule has 0 fully saturated rings. The number of aryl methyl sites for hydroxylation is 1. The third kappa shape index (κ3) is 6.45. The molecular weight excluding hydrogens is 380 g/mol. The minimum Gasteiger partial charge on any atom is -0.493 e. The van der Waals surface area contributed by atoms with E-state index in [2.05, 4.69) is 53.6 Å². The lowest BCUT2D eigenvalue weighted by Gasteiger charge is -2.25. The molecule has 0 bridgehead atoms. The highest BCUT2D eigenvalue weighted by Crippen LogP contribution is 2.15. The second kappa shape index (κ2) is 11.0. The number of hydrogen-bond acceptors (Lipinski definition) is 5. The molecule has 2 N–H and O–H groups in total. The van der Waals surface area contributed by atoms with Gasteiger partial charge in [0.15, 0.2) is 11.8 Å². The monoisotopic (exact) mass is 414 g/mol. The maximum atomic E-state index is 5.75. The number of guanidine groups is 1. The molecule has 1 aromatic heterocycles. The number of aliphatic imine (C=N–C) groups is 1. The summed E-state index contributed by atoms with van der Waals surface area (Å²) in [5.74, 6) is 4.02. The molecule has 0 spiro atoms. The second-order valence-electron chi connectivity index (χ2n) is 7.98. The van der Waals surface area contributed by atoms with Crippen LogP contribution < -0.4 is 15.4 Å². The Morgan fingerprint density at radius 3 is 2.80 bits per heavy atom. The van der Waals surface area contributed by atoms with E-state index in [1.807, 2.05) is 16.8 Å². The highest BCUT2D eigenvalue weighted by atomic mass is 16.5. The second-order valence-corrected chi connectivity index (χ2v) is 7.98. The van der Waals surface area contributed by atoms with E-state index >= 15 is 0 Å². The number of nitrogens with zero attached hydrogens (tertiary/aromatic N) is 4. The number of benzene rings is 1. The molecule has 1 unspecified atom stereocenters. The van der Waals surface area contributed by atoms with E-state index in [9.17, 15) is 0 Å². The molecule has 1 atom stereocenters. The van der Waals surface area contributed by atoms with Crippen LogP contribution in [0.15, 0.2) is 29.3 Å².